The first-order chi connectivity index (χ1) is 9.33. The van der Waals surface area contributed by atoms with Crippen LogP contribution in [-0.4, -0.2) is 17.6 Å². The Morgan fingerprint density at radius 2 is 2.26 bits per heavy atom. The molecule has 1 aliphatic heterocycles. The lowest BCUT2D eigenvalue weighted by Gasteiger charge is -2.25. The maximum absolute atomic E-state index is 9.33. The molecule has 2 aromatic rings. The summed E-state index contributed by atoms with van der Waals surface area (Å²) in [5.41, 5.74) is 1.64. The fourth-order valence-electron chi connectivity index (χ4n) is 2.96. The normalized spacial score (nSPS) is 18.7. The molecule has 0 aliphatic carbocycles. The number of hydrogen-bond acceptors (Lipinski definition) is 3. The smallest absolute Gasteiger partial charge is 0.130 e. The topological polar surface area (TPSA) is 39.9 Å². The van der Waals surface area contributed by atoms with Crippen molar-refractivity contribution in [2.24, 2.45) is 0 Å². The molecule has 1 atom stereocenters. The maximum Gasteiger partial charge on any atom is 0.130 e. The highest BCUT2D eigenvalue weighted by molar-refractivity contribution is 5.86. The second kappa shape index (κ2) is 4.89. The van der Waals surface area contributed by atoms with E-state index in [-0.39, 0.29) is 0 Å². The summed E-state index contributed by atoms with van der Waals surface area (Å²) in [4.78, 5) is 7.09. The van der Waals surface area contributed by atoms with E-state index in [1.807, 2.05) is 30.3 Å². The summed E-state index contributed by atoms with van der Waals surface area (Å²) < 4.78 is 0. The van der Waals surface area contributed by atoms with Gasteiger partial charge in [-0.3, -0.25) is 0 Å². The Morgan fingerprint density at radius 1 is 1.42 bits per heavy atom. The van der Waals surface area contributed by atoms with Crippen LogP contribution in [0.15, 0.2) is 30.3 Å². The van der Waals surface area contributed by atoms with E-state index >= 15 is 0 Å². The summed E-state index contributed by atoms with van der Waals surface area (Å²) in [6, 6.07) is 12.7. The summed E-state index contributed by atoms with van der Waals surface area (Å²) >= 11 is 0. The van der Waals surface area contributed by atoms with Crippen molar-refractivity contribution in [2.45, 2.75) is 32.2 Å². The van der Waals surface area contributed by atoms with Gasteiger partial charge in [-0.05, 0) is 31.4 Å². The van der Waals surface area contributed by atoms with Gasteiger partial charge in [-0.25, -0.2) is 4.98 Å². The van der Waals surface area contributed by atoms with Crippen LogP contribution in [0.2, 0.25) is 0 Å². The lowest BCUT2D eigenvalue weighted by Crippen LogP contribution is -2.29. The molecule has 0 N–H and O–H groups in total. The summed E-state index contributed by atoms with van der Waals surface area (Å²) in [7, 11) is 0. The van der Waals surface area contributed by atoms with Crippen LogP contribution < -0.4 is 4.90 Å². The third kappa shape index (κ3) is 2.04. The van der Waals surface area contributed by atoms with E-state index in [1.54, 1.807) is 0 Å². The molecule has 0 bridgehead atoms. The molecular formula is C16H17N3. The highest BCUT2D eigenvalue weighted by Gasteiger charge is 2.24. The molecule has 1 fully saturated rings. The fourth-order valence-corrected chi connectivity index (χ4v) is 2.96. The van der Waals surface area contributed by atoms with Crippen molar-refractivity contribution >= 4 is 16.7 Å². The van der Waals surface area contributed by atoms with Crippen molar-refractivity contribution in [3.63, 3.8) is 0 Å². The van der Waals surface area contributed by atoms with Crippen LogP contribution in [0, 0.1) is 11.3 Å². The molecule has 1 aromatic heterocycles. The third-order valence-electron chi connectivity index (χ3n) is 3.97. The van der Waals surface area contributed by atoms with E-state index in [2.05, 4.69) is 17.9 Å². The average molecular weight is 251 g/mol. The quantitative estimate of drug-likeness (QED) is 0.820. The molecule has 0 spiro atoms. The Morgan fingerprint density at radius 3 is 3.05 bits per heavy atom. The molecule has 0 amide bonds. The number of nitriles is 1. The van der Waals surface area contributed by atoms with Crippen LogP contribution in [0.1, 0.15) is 31.7 Å². The van der Waals surface area contributed by atoms with Gasteiger partial charge in [-0.15, -0.1) is 0 Å². The van der Waals surface area contributed by atoms with Crippen LogP contribution >= 0.6 is 0 Å². The average Bonchev–Trinajstić information content (AvgIpc) is 2.94. The maximum atomic E-state index is 9.33. The van der Waals surface area contributed by atoms with Gasteiger partial charge >= 0.3 is 0 Å². The molecule has 3 heteroatoms. The number of fused-ring (bicyclic) bond motifs is 1. The van der Waals surface area contributed by atoms with Gasteiger partial charge < -0.3 is 4.90 Å². The monoisotopic (exact) mass is 251 g/mol. The molecule has 19 heavy (non-hydrogen) atoms. The van der Waals surface area contributed by atoms with Crippen molar-refractivity contribution in [2.75, 3.05) is 11.4 Å². The fraction of sp³-hybridized carbons (Fsp3) is 0.375. The number of hydrogen-bond donors (Lipinski definition) is 0. The molecule has 3 nitrogen and oxygen atoms in total. The van der Waals surface area contributed by atoms with Crippen LogP contribution in [0.4, 0.5) is 5.82 Å². The highest BCUT2D eigenvalue weighted by Crippen LogP contribution is 2.29. The Labute approximate surface area is 113 Å². The Bertz CT molecular complexity index is 642. The number of para-hydroxylation sites is 1. The minimum atomic E-state index is 0.570. The number of aromatic nitrogens is 1. The molecular weight excluding hydrogens is 234 g/mol. The third-order valence-corrected chi connectivity index (χ3v) is 3.97. The first kappa shape index (κ1) is 12.0. The van der Waals surface area contributed by atoms with Crippen LogP contribution in [-0.2, 0) is 0 Å². The number of benzene rings is 1. The number of rotatable bonds is 2. The zero-order valence-corrected chi connectivity index (χ0v) is 11.1. The molecule has 1 aliphatic rings. The van der Waals surface area contributed by atoms with Crippen molar-refractivity contribution in [3.8, 4) is 6.07 Å². The van der Waals surface area contributed by atoms with Gasteiger partial charge in [0.2, 0.25) is 0 Å². The minimum Gasteiger partial charge on any atom is -0.354 e. The molecule has 0 radical (unpaired) electrons. The molecule has 1 unspecified atom stereocenters. The van der Waals surface area contributed by atoms with Gasteiger partial charge in [0.25, 0.3) is 0 Å². The number of pyridine rings is 1. The van der Waals surface area contributed by atoms with E-state index < -0.39 is 0 Å². The Balaban J connectivity index is 2.12. The van der Waals surface area contributed by atoms with E-state index in [0.717, 1.165) is 35.2 Å². The second-order valence-electron chi connectivity index (χ2n) is 5.05. The zero-order chi connectivity index (χ0) is 13.2. The summed E-state index contributed by atoms with van der Waals surface area (Å²) in [5.74, 6) is 0.958. The van der Waals surface area contributed by atoms with Crippen molar-refractivity contribution in [1.82, 2.24) is 4.98 Å². The largest absolute Gasteiger partial charge is 0.354 e. The van der Waals surface area contributed by atoms with E-state index in [4.69, 9.17) is 4.98 Å². The van der Waals surface area contributed by atoms with E-state index in [1.165, 1.54) is 12.8 Å². The van der Waals surface area contributed by atoms with Gasteiger partial charge in [-0.2, -0.15) is 5.26 Å². The van der Waals surface area contributed by atoms with Crippen LogP contribution in [0.5, 0.6) is 0 Å². The first-order valence-corrected chi connectivity index (χ1v) is 6.90. The van der Waals surface area contributed by atoms with Crippen molar-refractivity contribution in [1.29, 1.82) is 5.26 Å². The Kier molecular flexibility index (Phi) is 3.08. The van der Waals surface area contributed by atoms with Crippen molar-refractivity contribution in [3.05, 3.63) is 35.9 Å². The second-order valence-corrected chi connectivity index (χ2v) is 5.05. The predicted molar refractivity (Wildman–Crippen MR) is 77.1 cm³/mol. The van der Waals surface area contributed by atoms with Gasteiger partial charge in [-0.1, -0.05) is 25.1 Å². The van der Waals surface area contributed by atoms with Crippen LogP contribution in [0.25, 0.3) is 10.9 Å². The molecule has 2 heterocycles. The lowest BCUT2D eigenvalue weighted by molar-refractivity contribution is 0.641. The lowest BCUT2D eigenvalue weighted by atomic mass is 10.1. The number of anilines is 1. The van der Waals surface area contributed by atoms with Crippen LogP contribution in [0.3, 0.4) is 0 Å². The summed E-state index contributed by atoms with van der Waals surface area (Å²) in [5, 5.41) is 10.3. The molecule has 3 rings (SSSR count). The zero-order valence-electron chi connectivity index (χ0n) is 11.1. The van der Waals surface area contributed by atoms with Gasteiger partial charge in [0.15, 0.2) is 0 Å². The molecule has 96 valence electrons. The van der Waals surface area contributed by atoms with Crippen molar-refractivity contribution < 1.29 is 0 Å². The van der Waals surface area contributed by atoms with E-state index in [0.29, 0.717) is 6.04 Å². The SMILES string of the molecule is CCC1CCCN1c1cc(C#N)c2ccccc2n1. The standard InChI is InChI=1S/C16H17N3/c1-2-13-6-5-9-19(13)16-10-12(11-17)14-7-3-4-8-15(14)18-16/h3-4,7-8,10,13H,2,5-6,9H2,1H3. The highest BCUT2D eigenvalue weighted by atomic mass is 15.2. The van der Waals surface area contributed by atoms with Gasteiger partial charge in [0, 0.05) is 18.0 Å². The summed E-state index contributed by atoms with van der Waals surface area (Å²) in [6.45, 7) is 3.27. The predicted octanol–water partition coefficient (Wildman–Crippen LogP) is 3.49. The first-order valence-electron chi connectivity index (χ1n) is 6.90. The summed E-state index contributed by atoms with van der Waals surface area (Å²) in [6.07, 6.45) is 3.58. The van der Waals surface area contributed by atoms with E-state index in [9.17, 15) is 5.26 Å². The Hall–Kier alpha value is -2.08. The molecule has 1 aromatic carbocycles. The molecule has 1 saturated heterocycles. The number of nitrogens with zero attached hydrogens (tertiary/aromatic N) is 3. The molecule has 0 saturated carbocycles. The van der Waals surface area contributed by atoms with Gasteiger partial charge in [0.1, 0.15) is 5.82 Å². The minimum absolute atomic E-state index is 0.570. The van der Waals surface area contributed by atoms with Gasteiger partial charge in [0.05, 0.1) is 17.1 Å².